The molecule has 2 heterocycles. The van der Waals surface area contributed by atoms with Crippen LogP contribution in [0.3, 0.4) is 0 Å². The largest absolute Gasteiger partial charge is 0.366 e. The fourth-order valence-corrected chi connectivity index (χ4v) is 4.81. The first kappa shape index (κ1) is 24.6. The van der Waals surface area contributed by atoms with E-state index in [-0.39, 0.29) is 11.6 Å². The van der Waals surface area contributed by atoms with Crippen molar-refractivity contribution in [2.24, 2.45) is 0 Å². The van der Waals surface area contributed by atoms with Crippen molar-refractivity contribution < 1.29 is 13.6 Å². The molecular formula is C26H19Cl3F2N4O. The van der Waals surface area contributed by atoms with Crippen molar-refractivity contribution in [1.82, 2.24) is 14.5 Å². The first-order valence-corrected chi connectivity index (χ1v) is 12.2. The minimum absolute atomic E-state index is 0.243. The van der Waals surface area contributed by atoms with Crippen LogP contribution in [0.4, 0.5) is 14.5 Å². The van der Waals surface area contributed by atoms with Crippen molar-refractivity contribution in [1.29, 1.82) is 0 Å². The van der Waals surface area contributed by atoms with E-state index in [4.69, 9.17) is 34.8 Å². The average Bonchev–Trinajstić information content (AvgIpc) is 3.29. The Morgan fingerprint density at radius 2 is 1.53 bits per heavy atom. The van der Waals surface area contributed by atoms with Gasteiger partial charge in [0.25, 0.3) is 5.91 Å². The highest BCUT2D eigenvalue weighted by Gasteiger charge is 2.27. The summed E-state index contributed by atoms with van der Waals surface area (Å²) in [6.45, 7) is 1.53. The third-order valence-corrected chi connectivity index (χ3v) is 6.82. The summed E-state index contributed by atoms with van der Waals surface area (Å²) < 4.78 is 29.3. The minimum atomic E-state index is -0.627. The normalized spacial score (nSPS) is 13.8. The molecule has 36 heavy (non-hydrogen) atoms. The quantitative estimate of drug-likeness (QED) is 0.284. The Morgan fingerprint density at radius 3 is 2.19 bits per heavy atom. The number of aromatic nitrogens is 2. The van der Waals surface area contributed by atoms with Crippen molar-refractivity contribution in [3.63, 3.8) is 0 Å². The maximum absolute atomic E-state index is 14.2. The number of nitrogens with zero attached hydrogens (tertiary/aromatic N) is 4. The second kappa shape index (κ2) is 10.1. The molecule has 10 heteroatoms. The van der Waals surface area contributed by atoms with Crippen molar-refractivity contribution in [3.05, 3.63) is 99.3 Å². The Hall–Kier alpha value is -3.13. The van der Waals surface area contributed by atoms with Crippen LogP contribution >= 0.6 is 34.8 Å². The number of carbonyl (C=O) groups is 1. The summed E-state index contributed by atoms with van der Waals surface area (Å²) in [6, 6.07) is 15.7. The van der Waals surface area contributed by atoms with E-state index in [9.17, 15) is 13.6 Å². The summed E-state index contributed by atoms with van der Waals surface area (Å²) in [7, 11) is 0. The molecule has 1 aromatic heterocycles. The van der Waals surface area contributed by atoms with Crippen LogP contribution in [0, 0.1) is 11.6 Å². The van der Waals surface area contributed by atoms with Gasteiger partial charge in [-0.05, 0) is 54.6 Å². The highest BCUT2D eigenvalue weighted by molar-refractivity contribution is 6.36. The van der Waals surface area contributed by atoms with Crippen LogP contribution in [-0.2, 0) is 0 Å². The van der Waals surface area contributed by atoms with E-state index in [1.807, 2.05) is 12.1 Å². The highest BCUT2D eigenvalue weighted by atomic mass is 35.5. The summed E-state index contributed by atoms with van der Waals surface area (Å²) in [5.41, 5.74) is 1.93. The summed E-state index contributed by atoms with van der Waals surface area (Å²) in [4.78, 5) is 21.5. The van der Waals surface area contributed by atoms with E-state index < -0.39 is 11.6 Å². The number of carbonyl (C=O) groups excluding carboxylic acids is 1. The second-order valence-electron chi connectivity index (χ2n) is 8.30. The number of halogens is 5. The number of benzene rings is 3. The van der Waals surface area contributed by atoms with E-state index in [1.165, 1.54) is 12.1 Å². The van der Waals surface area contributed by atoms with Crippen molar-refractivity contribution in [2.45, 2.75) is 0 Å². The Balaban J connectivity index is 1.43. The van der Waals surface area contributed by atoms with Gasteiger partial charge in [0.15, 0.2) is 0 Å². The van der Waals surface area contributed by atoms with Crippen LogP contribution in [0.2, 0.25) is 15.1 Å². The maximum Gasteiger partial charge on any atom is 0.274 e. The van der Waals surface area contributed by atoms with Gasteiger partial charge >= 0.3 is 0 Å². The zero-order valence-electron chi connectivity index (χ0n) is 18.8. The van der Waals surface area contributed by atoms with Crippen LogP contribution in [0.15, 0.2) is 66.9 Å². The van der Waals surface area contributed by atoms with Crippen molar-refractivity contribution >= 4 is 46.4 Å². The predicted molar refractivity (Wildman–Crippen MR) is 139 cm³/mol. The molecule has 5 rings (SSSR count). The lowest BCUT2D eigenvalue weighted by molar-refractivity contribution is 0.0741. The lowest BCUT2D eigenvalue weighted by Crippen LogP contribution is -2.49. The molecule has 0 saturated carbocycles. The van der Waals surface area contributed by atoms with Crippen LogP contribution < -0.4 is 4.90 Å². The molecule has 1 aliphatic heterocycles. The van der Waals surface area contributed by atoms with Gasteiger partial charge in [-0.15, -0.1) is 0 Å². The summed E-state index contributed by atoms with van der Waals surface area (Å²) >= 11 is 18.6. The molecule has 1 fully saturated rings. The third-order valence-electron chi connectivity index (χ3n) is 6.02. The topological polar surface area (TPSA) is 41.4 Å². The van der Waals surface area contributed by atoms with Crippen molar-refractivity contribution in [2.75, 3.05) is 31.1 Å². The smallest absolute Gasteiger partial charge is 0.274 e. The van der Waals surface area contributed by atoms with E-state index in [0.29, 0.717) is 58.3 Å². The predicted octanol–water partition coefficient (Wildman–Crippen LogP) is 6.74. The number of piperazine rings is 1. The lowest BCUT2D eigenvalue weighted by atomic mass is 10.2. The standard InChI is InChI=1S/C26H19Cl3F2N4O/c27-16-1-5-19(6-2-16)35-15-23(32-25(35)20-7-3-17(28)13-21(20)29)26(36)34-11-9-33(10-12-34)24-8-4-18(30)14-22(24)31/h1-8,13-15H,9-12H2. The molecule has 0 N–H and O–H groups in total. The molecule has 0 bridgehead atoms. The second-order valence-corrected chi connectivity index (χ2v) is 9.58. The van der Waals surface area contributed by atoms with Gasteiger partial charge in [-0.25, -0.2) is 13.8 Å². The summed E-state index contributed by atoms with van der Waals surface area (Å²) in [6.07, 6.45) is 1.66. The highest BCUT2D eigenvalue weighted by Crippen LogP contribution is 2.32. The Bertz CT molecular complexity index is 1430. The average molecular weight is 548 g/mol. The first-order chi connectivity index (χ1) is 17.3. The number of hydrogen-bond acceptors (Lipinski definition) is 3. The zero-order chi connectivity index (χ0) is 25.4. The van der Waals surface area contributed by atoms with Crippen LogP contribution in [0.25, 0.3) is 17.1 Å². The molecule has 1 saturated heterocycles. The fraction of sp³-hybridized carbons (Fsp3) is 0.154. The van der Waals surface area contributed by atoms with E-state index >= 15 is 0 Å². The monoisotopic (exact) mass is 546 g/mol. The van der Waals surface area contributed by atoms with Crippen LogP contribution in [0.5, 0.6) is 0 Å². The van der Waals surface area contributed by atoms with Gasteiger partial charge in [0.05, 0.1) is 10.7 Å². The summed E-state index contributed by atoms with van der Waals surface area (Å²) in [5, 5.41) is 1.47. The molecule has 5 nitrogen and oxygen atoms in total. The molecule has 0 aliphatic carbocycles. The Kier molecular flexibility index (Phi) is 6.88. The molecule has 0 unspecified atom stereocenters. The van der Waals surface area contributed by atoms with E-state index in [0.717, 1.165) is 11.8 Å². The molecule has 0 atom stereocenters. The molecule has 0 spiro atoms. The molecule has 1 amide bonds. The Labute approximate surface area is 221 Å². The number of rotatable bonds is 4. The molecule has 1 aliphatic rings. The maximum atomic E-state index is 14.2. The van der Waals surface area contributed by atoms with Gasteiger partial charge in [0.1, 0.15) is 23.2 Å². The van der Waals surface area contributed by atoms with Gasteiger partial charge in [-0.3, -0.25) is 9.36 Å². The van der Waals surface area contributed by atoms with Crippen LogP contribution in [0.1, 0.15) is 10.5 Å². The van der Waals surface area contributed by atoms with Gasteiger partial charge < -0.3 is 9.80 Å². The lowest BCUT2D eigenvalue weighted by Gasteiger charge is -2.35. The SMILES string of the molecule is O=C(c1cn(-c2ccc(Cl)cc2)c(-c2ccc(Cl)cc2Cl)n1)N1CCN(c2ccc(F)cc2F)CC1. The van der Waals surface area contributed by atoms with Gasteiger partial charge in [0.2, 0.25) is 0 Å². The first-order valence-electron chi connectivity index (χ1n) is 11.1. The number of amides is 1. The molecule has 3 aromatic carbocycles. The fourth-order valence-electron chi connectivity index (χ4n) is 4.19. The molecule has 4 aromatic rings. The van der Waals surface area contributed by atoms with Gasteiger partial charge in [-0.1, -0.05) is 34.8 Å². The molecule has 0 radical (unpaired) electrons. The summed E-state index contributed by atoms with van der Waals surface area (Å²) in [5.74, 6) is -1.03. The number of anilines is 1. The minimum Gasteiger partial charge on any atom is -0.366 e. The van der Waals surface area contributed by atoms with Crippen LogP contribution in [-0.4, -0.2) is 46.5 Å². The van der Waals surface area contributed by atoms with Gasteiger partial charge in [-0.2, -0.15) is 0 Å². The van der Waals surface area contributed by atoms with Crippen molar-refractivity contribution in [3.8, 4) is 17.1 Å². The number of hydrogen-bond donors (Lipinski definition) is 0. The van der Waals surface area contributed by atoms with E-state index in [1.54, 1.807) is 50.9 Å². The Morgan fingerprint density at radius 1 is 0.833 bits per heavy atom. The number of imidazole rings is 1. The zero-order valence-corrected chi connectivity index (χ0v) is 21.0. The molecule has 184 valence electrons. The van der Waals surface area contributed by atoms with E-state index in [2.05, 4.69) is 4.98 Å². The third kappa shape index (κ3) is 4.91. The van der Waals surface area contributed by atoms with Gasteiger partial charge in [0, 0.05) is 59.7 Å². The molecular weight excluding hydrogens is 529 g/mol.